The first kappa shape index (κ1) is 18.1. The van der Waals surface area contributed by atoms with E-state index in [9.17, 15) is 4.79 Å². The number of aromatic nitrogens is 4. The van der Waals surface area contributed by atoms with Crippen LogP contribution in [-0.2, 0) is 6.42 Å². The predicted molar refractivity (Wildman–Crippen MR) is 105 cm³/mol. The second-order valence-corrected chi connectivity index (χ2v) is 6.82. The fourth-order valence-electron chi connectivity index (χ4n) is 3.54. The maximum absolute atomic E-state index is 12.9. The third-order valence-corrected chi connectivity index (χ3v) is 4.98. The molecule has 0 saturated carbocycles. The fourth-order valence-corrected chi connectivity index (χ4v) is 3.54. The van der Waals surface area contributed by atoms with Crippen molar-refractivity contribution in [2.45, 2.75) is 12.8 Å². The Kier molecular flexibility index (Phi) is 5.29. The largest absolute Gasteiger partial charge is 0.496 e. The van der Waals surface area contributed by atoms with E-state index in [4.69, 9.17) is 4.74 Å². The highest BCUT2D eigenvalue weighted by molar-refractivity contribution is 6.06. The maximum Gasteiger partial charge on any atom is 0.255 e. The van der Waals surface area contributed by atoms with Gasteiger partial charge < -0.3 is 15.4 Å². The summed E-state index contributed by atoms with van der Waals surface area (Å²) in [6, 6.07) is 12.9. The Morgan fingerprint density at radius 3 is 2.93 bits per heavy atom. The Morgan fingerprint density at radius 2 is 2.18 bits per heavy atom. The molecule has 1 amide bonds. The second kappa shape index (κ2) is 8.18. The summed E-state index contributed by atoms with van der Waals surface area (Å²) in [5, 5.41) is 20.4. The lowest BCUT2D eigenvalue weighted by Crippen LogP contribution is -2.15. The maximum atomic E-state index is 12.9. The molecule has 2 heterocycles. The summed E-state index contributed by atoms with van der Waals surface area (Å²) in [5.74, 6) is 1.62. The molecule has 8 heteroatoms. The number of carbonyl (C=O) groups excluding carboxylic acids is 1. The van der Waals surface area contributed by atoms with Gasteiger partial charge in [0.05, 0.1) is 12.8 Å². The lowest BCUT2D eigenvalue weighted by Gasteiger charge is -2.14. The molecule has 28 heavy (non-hydrogen) atoms. The number of para-hydroxylation sites is 1. The van der Waals surface area contributed by atoms with Crippen LogP contribution in [0.4, 0.5) is 5.69 Å². The fraction of sp³-hybridized carbons (Fsp3) is 0.300. The topological polar surface area (TPSA) is 105 Å². The number of nitrogens with one attached hydrogen (secondary N) is 3. The van der Waals surface area contributed by atoms with E-state index >= 15 is 0 Å². The average molecular weight is 378 g/mol. The Labute approximate surface area is 162 Å². The lowest BCUT2D eigenvalue weighted by molar-refractivity contribution is 0.102. The number of nitrogens with zero attached hydrogens (tertiary/aromatic N) is 3. The number of tetrazole rings is 1. The minimum atomic E-state index is -0.190. The summed E-state index contributed by atoms with van der Waals surface area (Å²) in [5.41, 5.74) is 2.97. The highest BCUT2D eigenvalue weighted by atomic mass is 16.5. The highest BCUT2D eigenvalue weighted by Gasteiger charge is 2.19. The van der Waals surface area contributed by atoms with Crippen LogP contribution in [0.2, 0.25) is 0 Å². The van der Waals surface area contributed by atoms with Gasteiger partial charge in [0.15, 0.2) is 0 Å². The van der Waals surface area contributed by atoms with Crippen molar-refractivity contribution in [3.05, 3.63) is 53.6 Å². The lowest BCUT2D eigenvalue weighted by atomic mass is 9.96. The number of aromatic amines is 1. The van der Waals surface area contributed by atoms with Gasteiger partial charge in [-0.2, -0.15) is 5.21 Å². The minimum absolute atomic E-state index is 0.190. The highest BCUT2D eigenvalue weighted by Crippen LogP contribution is 2.27. The summed E-state index contributed by atoms with van der Waals surface area (Å²) in [6.45, 7) is 2.04. The van der Waals surface area contributed by atoms with E-state index in [2.05, 4.69) is 31.3 Å². The summed E-state index contributed by atoms with van der Waals surface area (Å²) in [4.78, 5) is 12.9. The van der Waals surface area contributed by atoms with E-state index in [1.165, 1.54) is 0 Å². The number of ether oxygens (including phenoxy) is 1. The molecule has 1 unspecified atom stereocenters. The first-order chi connectivity index (χ1) is 13.7. The van der Waals surface area contributed by atoms with E-state index in [0.717, 1.165) is 37.2 Å². The van der Waals surface area contributed by atoms with E-state index in [1.807, 2.05) is 36.4 Å². The number of hydrogen-bond donors (Lipinski definition) is 3. The van der Waals surface area contributed by atoms with Crippen molar-refractivity contribution in [3.63, 3.8) is 0 Å². The number of hydrogen-bond acceptors (Lipinski definition) is 6. The Morgan fingerprint density at radius 1 is 1.29 bits per heavy atom. The molecule has 1 aliphatic rings. The van der Waals surface area contributed by atoms with Gasteiger partial charge in [-0.15, -0.1) is 10.2 Å². The zero-order valence-corrected chi connectivity index (χ0v) is 15.6. The molecule has 4 rings (SSSR count). The molecule has 8 nitrogen and oxygen atoms in total. The normalized spacial score (nSPS) is 16.1. The number of benzene rings is 2. The molecule has 144 valence electrons. The molecule has 0 spiro atoms. The first-order valence-corrected chi connectivity index (χ1v) is 9.26. The van der Waals surface area contributed by atoms with Crippen molar-refractivity contribution in [2.24, 2.45) is 5.92 Å². The average Bonchev–Trinajstić information content (AvgIpc) is 3.42. The van der Waals surface area contributed by atoms with Crippen molar-refractivity contribution < 1.29 is 9.53 Å². The van der Waals surface area contributed by atoms with Crippen LogP contribution in [0.1, 0.15) is 22.3 Å². The number of methoxy groups -OCH3 is 1. The molecule has 1 atom stereocenters. The van der Waals surface area contributed by atoms with Gasteiger partial charge in [-0.3, -0.25) is 4.79 Å². The van der Waals surface area contributed by atoms with Crippen molar-refractivity contribution >= 4 is 11.6 Å². The second-order valence-electron chi connectivity index (χ2n) is 6.82. The quantitative estimate of drug-likeness (QED) is 0.608. The molecule has 2 aromatic carbocycles. The number of amides is 1. The Hall–Kier alpha value is -3.26. The predicted octanol–water partition coefficient (Wildman–Crippen LogP) is 2.28. The summed E-state index contributed by atoms with van der Waals surface area (Å²) in [7, 11) is 1.66. The summed E-state index contributed by atoms with van der Waals surface area (Å²) < 4.78 is 5.50. The molecule has 0 radical (unpaired) electrons. The monoisotopic (exact) mass is 378 g/mol. The molecular formula is C20H22N6O2. The van der Waals surface area contributed by atoms with Crippen LogP contribution in [0.15, 0.2) is 42.5 Å². The van der Waals surface area contributed by atoms with Crippen LogP contribution in [0.3, 0.4) is 0 Å². The van der Waals surface area contributed by atoms with Gasteiger partial charge in [-0.1, -0.05) is 12.1 Å². The molecule has 0 bridgehead atoms. The number of carbonyl (C=O) groups is 1. The van der Waals surface area contributed by atoms with Crippen molar-refractivity contribution in [1.82, 2.24) is 25.9 Å². The standard InChI is InChI=1S/C20H22N6O2/c1-28-18-7-6-14(11-15(18)10-13-8-9-21-12-13)20(27)22-17-5-3-2-4-16(17)19-23-25-26-24-19/h2-7,11,13,21H,8-10,12H2,1H3,(H,22,27)(H,23,24,25,26). The zero-order chi connectivity index (χ0) is 19.3. The Bertz CT molecular complexity index is 951. The molecular weight excluding hydrogens is 356 g/mol. The van der Waals surface area contributed by atoms with Gasteiger partial charge >= 0.3 is 0 Å². The van der Waals surface area contributed by atoms with Crippen molar-refractivity contribution in [1.29, 1.82) is 0 Å². The summed E-state index contributed by atoms with van der Waals surface area (Å²) >= 11 is 0. The molecule has 3 N–H and O–H groups in total. The van der Waals surface area contributed by atoms with Crippen LogP contribution in [0, 0.1) is 5.92 Å². The van der Waals surface area contributed by atoms with Crippen LogP contribution in [0.5, 0.6) is 5.75 Å². The molecule has 1 saturated heterocycles. The number of anilines is 1. The first-order valence-electron chi connectivity index (χ1n) is 9.26. The SMILES string of the molecule is COc1ccc(C(=O)Nc2ccccc2-c2nn[nH]n2)cc1CC1CCNC1. The van der Waals surface area contributed by atoms with Crippen LogP contribution in [-0.4, -0.2) is 46.7 Å². The molecule has 0 aliphatic carbocycles. The van der Waals surface area contributed by atoms with Gasteiger partial charge in [-0.25, -0.2) is 0 Å². The summed E-state index contributed by atoms with van der Waals surface area (Å²) in [6.07, 6.45) is 2.02. The van der Waals surface area contributed by atoms with E-state index in [1.54, 1.807) is 13.2 Å². The van der Waals surface area contributed by atoms with Gasteiger partial charge in [0.2, 0.25) is 5.82 Å². The van der Waals surface area contributed by atoms with Gasteiger partial charge in [0.25, 0.3) is 5.91 Å². The molecule has 1 aromatic heterocycles. The van der Waals surface area contributed by atoms with Crippen molar-refractivity contribution in [3.8, 4) is 17.1 Å². The molecule has 3 aromatic rings. The van der Waals surface area contributed by atoms with Crippen molar-refractivity contribution in [2.75, 3.05) is 25.5 Å². The zero-order valence-electron chi connectivity index (χ0n) is 15.6. The van der Waals surface area contributed by atoms with E-state index in [0.29, 0.717) is 28.6 Å². The smallest absolute Gasteiger partial charge is 0.255 e. The van der Waals surface area contributed by atoms with E-state index < -0.39 is 0 Å². The third kappa shape index (κ3) is 3.86. The van der Waals surface area contributed by atoms with Gasteiger partial charge in [0, 0.05) is 11.1 Å². The van der Waals surface area contributed by atoms with Crippen LogP contribution in [0.25, 0.3) is 11.4 Å². The van der Waals surface area contributed by atoms with Crippen LogP contribution < -0.4 is 15.4 Å². The van der Waals surface area contributed by atoms with Gasteiger partial charge in [-0.05, 0) is 73.0 Å². The number of H-pyrrole nitrogens is 1. The van der Waals surface area contributed by atoms with Crippen LogP contribution >= 0.6 is 0 Å². The molecule has 1 fully saturated rings. The number of rotatable bonds is 6. The molecule has 1 aliphatic heterocycles. The van der Waals surface area contributed by atoms with Gasteiger partial charge in [0.1, 0.15) is 5.75 Å². The third-order valence-electron chi connectivity index (χ3n) is 4.98. The Balaban J connectivity index is 1.57. The minimum Gasteiger partial charge on any atom is -0.496 e. The van der Waals surface area contributed by atoms with E-state index in [-0.39, 0.29) is 5.91 Å².